The van der Waals surface area contributed by atoms with Gasteiger partial charge in [-0.25, -0.2) is 0 Å². The van der Waals surface area contributed by atoms with Crippen LogP contribution in [0.25, 0.3) is 0 Å². The van der Waals surface area contributed by atoms with Gasteiger partial charge in [0.15, 0.2) is 0 Å². The van der Waals surface area contributed by atoms with Gasteiger partial charge < -0.3 is 9.47 Å². The predicted octanol–water partition coefficient (Wildman–Crippen LogP) is 2.44. The minimum absolute atomic E-state index is 0.412. The maximum atomic E-state index is 9.75. The molecule has 0 saturated carbocycles. The van der Waals surface area contributed by atoms with Gasteiger partial charge in [-0.2, -0.15) is 0 Å². The Hall–Kier alpha value is -2.62. The van der Waals surface area contributed by atoms with E-state index in [9.17, 15) is 9.59 Å². The topological polar surface area (TPSA) is 52.6 Å². The maximum Gasteiger partial charge on any atom is 0.298 e. The van der Waals surface area contributed by atoms with Gasteiger partial charge in [0.2, 0.25) is 0 Å². The lowest BCUT2D eigenvalue weighted by Crippen LogP contribution is -1.85. The molecule has 2 rings (SSSR count). The maximum absolute atomic E-state index is 9.75. The highest BCUT2D eigenvalue weighted by Crippen LogP contribution is 2.06. The van der Waals surface area contributed by atoms with Gasteiger partial charge in [0, 0.05) is 0 Å². The fourth-order valence-electron chi connectivity index (χ4n) is 1.11. The molecule has 0 aliphatic heterocycles. The summed E-state index contributed by atoms with van der Waals surface area (Å²) in [4.78, 5) is 19.5. The second-order valence-electron chi connectivity index (χ2n) is 3.05. The average molecular weight is 244 g/mol. The van der Waals surface area contributed by atoms with Crippen LogP contribution in [0.1, 0.15) is 0 Å². The second-order valence-corrected chi connectivity index (χ2v) is 3.05. The highest BCUT2D eigenvalue weighted by Gasteiger charge is 1.85. The van der Waals surface area contributed by atoms with E-state index >= 15 is 0 Å². The fourth-order valence-corrected chi connectivity index (χ4v) is 1.11. The Labute approximate surface area is 105 Å². The highest BCUT2D eigenvalue weighted by molar-refractivity contribution is 5.45. The van der Waals surface area contributed by atoms with E-state index in [-0.39, 0.29) is 0 Å². The van der Waals surface area contributed by atoms with Crippen LogP contribution in [0, 0.1) is 0 Å². The van der Waals surface area contributed by atoms with E-state index in [1.807, 2.05) is 12.1 Å². The number of hydrogen-bond donors (Lipinski definition) is 0. The van der Waals surface area contributed by atoms with Crippen molar-refractivity contribution in [1.29, 1.82) is 0 Å². The molecule has 0 heterocycles. The number of benzene rings is 2. The van der Waals surface area contributed by atoms with Crippen LogP contribution in [0.2, 0.25) is 0 Å². The molecule has 0 radical (unpaired) electrons. The summed E-state index contributed by atoms with van der Waals surface area (Å²) in [6, 6.07) is 17.8. The molecule has 0 N–H and O–H groups in total. The zero-order valence-corrected chi connectivity index (χ0v) is 9.56. The van der Waals surface area contributed by atoms with E-state index in [2.05, 4.69) is 9.47 Å². The Morgan fingerprint density at radius 3 is 1.22 bits per heavy atom. The third kappa shape index (κ3) is 5.46. The van der Waals surface area contributed by atoms with Crippen LogP contribution in [-0.2, 0) is 9.59 Å². The van der Waals surface area contributed by atoms with Crippen molar-refractivity contribution in [2.24, 2.45) is 0 Å². The predicted molar refractivity (Wildman–Crippen MR) is 66.3 cm³/mol. The zero-order chi connectivity index (χ0) is 13.1. The molecule has 0 aromatic heterocycles. The van der Waals surface area contributed by atoms with Crippen LogP contribution in [-0.4, -0.2) is 12.9 Å². The molecule has 0 unspecified atom stereocenters. The van der Waals surface area contributed by atoms with Gasteiger partial charge in [-0.3, -0.25) is 9.59 Å². The summed E-state index contributed by atoms with van der Waals surface area (Å²) in [6.45, 7) is 0.824. The van der Waals surface area contributed by atoms with Crippen LogP contribution < -0.4 is 9.47 Å². The Bertz CT molecular complexity index is 408. The van der Waals surface area contributed by atoms with E-state index in [0.29, 0.717) is 24.4 Å². The quantitative estimate of drug-likeness (QED) is 0.775. The fraction of sp³-hybridized carbons (Fsp3) is 0. The monoisotopic (exact) mass is 244 g/mol. The molecule has 0 atom stereocenters. The molecular weight excluding hydrogens is 232 g/mol. The lowest BCUT2D eigenvalue weighted by Gasteiger charge is -1.92. The number of rotatable bonds is 4. The van der Waals surface area contributed by atoms with Crippen LogP contribution in [0.3, 0.4) is 0 Å². The van der Waals surface area contributed by atoms with E-state index in [4.69, 9.17) is 0 Å². The third-order valence-electron chi connectivity index (χ3n) is 1.85. The van der Waals surface area contributed by atoms with Gasteiger partial charge in [0.1, 0.15) is 11.5 Å². The highest BCUT2D eigenvalue weighted by atomic mass is 16.5. The van der Waals surface area contributed by atoms with Crippen molar-refractivity contribution in [3.8, 4) is 11.5 Å². The van der Waals surface area contributed by atoms with Crippen LogP contribution in [0.15, 0.2) is 60.7 Å². The summed E-state index contributed by atoms with van der Waals surface area (Å²) >= 11 is 0. The van der Waals surface area contributed by atoms with Gasteiger partial charge in [0.25, 0.3) is 12.9 Å². The van der Waals surface area contributed by atoms with Crippen molar-refractivity contribution in [1.82, 2.24) is 0 Å². The first-order valence-electron chi connectivity index (χ1n) is 5.17. The first-order chi connectivity index (χ1) is 8.86. The first-order valence-corrected chi connectivity index (χ1v) is 5.17. The molecule has 0 saturated heterocycles. The van der Waals surface area contributed by atoms with Crippen molar-refractivity contribution < 1.29 is 19.1 Å². The van der Waals surface area contributed by atoms with Crippen LogP contribution in [0.4, 0.5) is 0 Å². The van der Waals surface area contributed by atoms with Gasteiger partial charge in [0.05, 0.1) is 0 Å². The second kappa shape index (κ2) is 8.52. The van der Waals surface area contributed by atoms with E-state index in [1.54, 1.807) is 48.5 Å². The van der Waals surface area contributed by atoms with Crippen molar-refractivity contribution in [2.75, 3.05) is 0 Å². The number of para-hydroxylation sites is 2. The smallest absolute Gasteiger partial charge is 0.298 e. The minimum Gasteiger partial charge on any atom is -0.429 e. The molecule has 2 aromatic carbocycles. The number of carbonyl (C=O) groups excluding carboxylic acids is 2. The van der Waals surface area contributed by atoms with E-state index in [1.165, 1.54) is 0 Å². The normalized spacial score (nSPS) is 8.44. The van der Waals surface area contributed by atoms with Crippen molar-refractivity contribution >= 4 is 12.9 Å². The zero-order valence-electron chi connectivity index (χ0n) is 9.56. The summed E-state index contributed by atoms with van der Waals surface area (Å²) in [6.07, 6.45) is 0. The van der Waals surface area contributed by atoms with E-state index in [0.717, 1.165) is 0 Å². The molecule has 18 heavy (non-hydrogen) atoms. The lowest BCUT2D eigenvalue weighted by molar-refractivity contribution is -0.121. The molecule has 92 valence electrons. The van der Waals surface area contributed by atoms with Crippen molar-refractivity contribution in [3.05, 3.63) is 60.7 Å². The number of ether oxygens (including phenoxy) is 2. The molecule has 2 aromatic rings. The summed E-state index contributed by atoms with van der Waals surface area (Å²) < 4.78 is 9.05. The van der Waals surface area contributed by atoms with Gasteiger partial charge >= 0.3 is 0 Å². The van der Waals surface area contributed by atoms with Gasteiger partial charge in [-0.1, -0.05) is 36.4 Å². The molecule has 0 fully saturated rings. The molecule has 4 heteroatoms. The Kier molecular flexibility index (Phi) is 6.37. The van der Waals surface area contributed by atoms with Crippen molar-refractivity contribution in [3.63, 3.8) is 0 Å². The Morgan fingerprint density at radius 1 is 0.611 bits per heavy atom. The minimum atomic E-state index is 0.412. The SMILES string of the molecule is O=COc1ccccc1.O=COc1ccccc1. The average Bonchev–Trinajstić information content (AvgIpc) is 2.43. The molecule has 0 spiro atoms. The van der Waals surface area contributed by atoms with Crippen LogP contribution >= 0.6 is 0 Å². The Morgan fingerprint density at radius 2 is 0.944 bits per heavy atom. The number of hydrogen-bond acceptors (Lipinski definition) is 4. The van der Waals surface area contributed by atoms with Gasteiger partial charge in [-0.15, -0.1) is 0 Å². The molecule has 0 aliphatic rings. The third-order valence-corrected chi connectivity index (χ3v) is 1.85. The number of carbonyl (C=O) groups is 2. The summed E-state index contributed by atoms with van der Waals surface area (Å²) in [5, 5.41) is 0. The summed E-state index contributed by atoms with van der Waals surface area (Å²) in [5.74, 6) is 1.15. The van der Waals surface area contributed by atoms with Gasteiger partial charge in [-0.05, 0) is 24.3 Å². The lowest BCUT2D eigenvalue weighted by atomic mass is 10.3. The molecule has 0 amide bonds. The Balaban J connectivity index is 0.000000180. The van der Waals surface area contributed by atoms with E-state index < -0.39 is 0 Å². The summed E-state index contributed by atoms with van der Waals surface area (Å²) in [5.41, 5.74) is 0. The van der Waals surface area contributed by atoms with Crippen LogP contribution in [0.5, 0.6) is 11.5 Å². The molecule has 0 bridgehead atoms. The summed E-state index contributed by atoms with van der Waals surface area (Å²) in [7, 11) is 0. The molecular formula is C14H12O4. The van der Waals surface area contributed by atoms with Crippen molar-refractivity contribution in [2.45, 2.75) is 0 Å². The standard InChI is InChI=1S/2C7H6O2/c2*8-6-9-7-4-2-1-3-5-7/h2*1-6H. The first kappa shape index (κ1) is 13.4. The largest absolute Gasteiger partial charge is 0.429 e. The molecule has 4 nitrogen and oxygen atoms in total. The molecule has 0 aliphatic carbocycles.